The zero-order valence-corrected chi connectivity index (χ0v) is 18.4. The molecule has 1 aliphatic rings. The molecule has 1 aliphatic heterocycles. The highest BCUT2D eigenvalue weighted by atomic mass is 35.5. The largest absolute Gasteiger partial charge is 0.508 e. The van der Waals surface area contributed by atoms with Crippen molar-refractivity contribution in [3.8, 4) is 5.75 Å². The van der Waals surface area contributed by atoms with E-state index in [1.165, 1.54) is 15.9 Å². The molecule has 0 spiro atoms. The Morgan fingerprint density at radius 2 is 1.90 bits per heavy atom. The molecule has 0 amide bonds. The summed E-state index contributed by atoms with van der Waals surface area (Å²) in [5.41, 5.74) is 2.08. The Morgan fingerprint density at radius 1 is 1.23 bits per heavy atom. The number of aromatic nitrogens is 1. The van der Waals surface area contributed by atoms with Crippen molar-refractivity contribution in [2.45, 2.75) is 19.9 Å². The van der Waals surface area contributed by atoms with Crippen LogP contribution in [-0.2, 0) is 9.53 Å². The van der Waals surface area contributed by atoms with Gasteiger partial charge in [-0.15, -0.1) is 0 Å². The number of ether oxygens (including phenoxy) is 1. The number of nitrogens with zero attached hydrogens (tertiary/aromatic N) is 2. The van der Waals surface area contributed by atoms with Crippen molar-refractivity contribution in [2.24, 2.45) is 4.99 Å². The number of allylic oxidation sites excluding steroid dienone is 1. The molecule has 1 N–H and O–H groups in total. The van der Waals surface area contributed by atoms with E-state index in [4.69, 9.17) is 16.3 Å². The highest BCUT2D eigenvalue weighted by Gasteiger charge is 2.33. The fourth-order valence-electron chi connectivity index (χ4n) is 3.47. The number of carbonyl (C=O) groups excluding carboxylic acids is 1. The molecule has 31 heavy (non-hydrogen) atoms. The summed E-state index contributed by atoms with van der Waals surface area (Å²) >= 11 is 7.30. The fraction of sp³-hybridized carbons (Fsp3) is 0.174. The minimum Gasteiger partial charge on any atom is -0.508 e. The van der Waals surface area contributed by atoms with E-state index in [0.717, 1.165) is 11.1 Å². The number of phenolic OH excluding ortho intramolecular Hbond substituents is 1. The Kier molecular flexibility index (Phi) is 5.80. The first-order valence-corrected chi connectivity index (χ1v) is 10.8. The Bertz CT molecular complexity index is 1350. The number of hydrogen-bond acceptors (Lipinski definition) is 6. The number of halogens is 1. The van der Waals surface area contributed by atoms with Gasteiger partial charge in [-0.3, -0.25) is 9.36 Å². The third-order valence-electron chi connectivity index (χ3n) is 4.89. The molecule has 0 fully saturated rings. The molecule has 2 aromatic carbocycles. The first kappa shape index (κ1) is 21.1. The van der Waals surface area contributed by atoms with Crippen molar-refractivity contribution in [3.05, 3.63) is 95.6 Å². The number of carbonyl (C=O) groups is 1. The third-order valence-corrected chi connectivity index (χ3v) is 6.13. The van der Waals surface area contributed by atoms with Crippen LogP contribution in [0.15, 0.2) is 69.6 Å². The van der Waals surface area contributed by atoms with Crippen LogP contribution in [0.1, 0.15) is 31.0 Å². The number of esters is 1. The Labute approximate surface area is 187 Å². The van der Waals surface area contributed by atoms with Crippen LogP contribution in [0.5, 0.6) is 5.75 Å². The monoisotopic (exact) mass is 454 g/mol. The van der Waals surface area contributed by atoms with Crippen LogP contribution in [0.25, 0.3) is 6.08 Å². The molecule has 2 heterocycles. The number of thiazole rings is 1. The highest BCUT2D eigenvalue weighted by molar-refractivity contribution is 7.07. The Balaban J connectivity index is 1.94. The van der Waals surface area contributed by atoms with Gasteiger partial charge in [-0.1, -0.05) is 47.2 Å². The van der Waals surface area contributed by atoms with E-state index >= 15 is 0 Å². The van der Waals surface area contributed by atoms with Gasteiger partial charge in [-0.25, -0.2) is 9.79 Å². The molecule has 8 heteroatoms. The zero-order valence-electron chi connectivity index (χ0n) is 16.8. The topological polar surface area (TPSA) is 80.9 Å². The standard InChI is InChI=1S/C23H19ClN2O4S/c1-3-30-22(29)19-13(2)25-23-26(20(19)15-6-8-16(24)9-7-15)21(28)18(31-23)12-14-4-10-17(27)11-5-14/h4-12,20,27H,3H2,1-2H3/b18-12+/t20-/m1/s1. The quantitative estimate of drug-likeness (QED) is 0.614. The molecule has 4 rings (SSSR count). The van der Waals surface area contributed by atoms with Crippen LogP contribution >= 0.6 is 22.9 Å². The molecule has 0 bridgehead atoms. The van der Waals surface area contributed by atoms with E-state index in [0.29, 0.717) is 25.6 Å². The van der Waals surface area contributed by atoms with Gasteiger partial charge in [-0.2, -0.15) is 0 Å². The van der Waals surface area contributed by atoms with Gasteiger partial charge >= 0.3 is 5.97 Å². The van der Waals surface area contributed by atoms with E-state index < -0.39 is 12.0 Å². The minimum absolute atomic E-state index is 0.149. The van der Waals surface area contributed by atoms with E-state index in [2.05, 4.69) is 4.99 Å². The molecular formula is C23H19ClN2O4S. The molecular weight excluding hydrogens is 436 g/mol. The molecule has 0 saturated heterocycles. The van der Waals surface area contributed by atoms with Gasteiger partial charge in [0, 0.05) is 5.02 Å². The molecule has 1 aromatic heterocycles. The lowest BCUT2D eigenvalue weighted by atomic mass is 9.96. The number of aromatic hydroxyl groups is 1. The van der Waals surface area contributed by atoms with E-state index in [1.54, 1.807) is 68.5 Å². The van der Waals surface area contributed by atoms with Crippen LogP contribution in [0.4, 0.5) is 0 Å². The van der Waals surface area contributed by atoms with Crippen LogP contribution in [0.3, 0.4) is 0 Å². The summed E-state index contributed by atoms with van der Waals surface area (Å²) in [7, 11) is 0. The number of phenols is 1. The Morgan fingerprint density at radius 3 is 2.55 bits per heavy atom. The average molecular weight is 455 g/mol. The summed E-state index contributed by atoms with van der Waals surface area (Å²) in [5, 5.41) is 10.1. The van der Waals surface area contributed by atoms with Crippen LogP contribution in [-0.4, -0.2) is 22.2 Å². The van der Waals surface area contributed by atoms with E-state index in [-0.39, 0.29) is 17.9 Å². The second kappa shape index (κ2) is 8.53. The van der Waals surface area contributed by atoms with E-state index in [9.17, 15) is 14.7 Å². The number of benzene rings is 2. The van der Waals surface area contributed by atoms with Crippen molar-refractivity contribution in [1.29, 1.82) is 0 Å². The molecule has 3 aromatic rings. The van der Waals surface area contributed by atoms with Crippen molar-refractivity contribution in [1.82, 2.24) is 4.57 Å². The maximum Gasteiger partial charge on any atom is 0.338 e. The van der Waals surface area contributed by atoms with Gasteiger partial charge in [0.25, 0.3) is 5.56 Å². The lowest BCUT2D eigenvalue weighted by molar-refractivity contribution is -0.139. The van der Waals surface area contributed by atoms with Crippen molar-refractivity contribution in [2.75, 3.05) is 6.61 Å². The van der Waals surface area contributed by atoms with Crippen LogP contribution in [0, 0.1) is 0 Å². The molecule has 6 nitrogen and oxygen atoms in total. The second-order valence-electron chi connectivity index (χ2n) is 6.95. The first-order chi connectivity index (χ1) is 14.9. The molecule has 0 aliphatic carbocycles. The average Bonchev–Trinajstić information content (AvgIpc) is 3.04. The molecule has 1 atom stereocenters. The number of fused-ring (bicyclic) bond motifs is 1. The fourth-order valence-corrected chi connectivity index (χ4v) is 4.65. The summed E-state index contributed by atoms with van der Waals surface area (Å²) in [6.45, 7) is 3.69. The van der Waals surface area contributed by atoms with Gasteiger partial charge in [0.05, 0.1) is 28.5 Å². The smallest absolute Gasteiger partial charge is 0.338 e. The summed E-state index contributed by atoms with van der Waals surface area (Å²) < 4.78 is 7.27. The summed E-state index contributed by atoms with van der Waals surface area (Å²) in [6.07, 6.45) is 1.74. The van der Waals surface area contributed by atoms with Crippen molar-refractivity contribution in [3.63, 3.8) is 0 Å². The summed E-state index contributed by atoms with van der Waals surface area (Å²) in [5.74, 6) is -0.354. The van der Waals surface area contributed by atoms with Crippen molar-refractivity contribution < 1.29 is 14.6 Å². The van der Waals surface area contributed by atoms with Gasteiger partial charge in [0.2, 0.25) is 0 Å². The second-order valence-corrected chi connectivity index (χ2v) is 8.39. The van der Waals surface area contributed by atoms with Crippen LogP contribution < -0.4 is 14.9 Å². The SMILES string of the molecule is CCOC(=O)C1=C(C)N=c2s/c(=C/c3ccc(O)cc3)c(=O)n2[C@@H]1c1ccc(Cl)cc1. The first-order valence-electron chi connectivity index (χ1n) is 9.63. The predicted octanol–water partition coefficient (Wildman–Crippen LogP) is 3.16. The van der Waals surface area contributed by atoms with Gasteiger partial charge < -0.3 is 9.84 Å². The van der Waals surface area contributed by atoms with Gasteiger partial charge in [-0.05, 0) is 55.3 Å². The maximum atomic E-state index is 13.4. The maximum absolute atomic E-state index is 13.4. The summed E-state index contributed by atoms with van der Waals surface area (Å²) in [4.78, 5) is 31.2. The minimum atomic E-state index is -0.672. The number of hydrogen-bond donors (Lipinski definition) is 1. The molecule has 158 valence electrons. The Hall–Kier alpha value is -3.16. The van der Waals surface area contributed by atoms with Gasteiger partial charge in [0.15, 0.2) is 4.80 Å². The molecule has 0 unspecified atom stereocenters. The third kappa shape index (κ3) is 4.06. The highest BCUT2D eigenvalue weighted by Crippen LogP contribution is 2.31. The normalized spacial score (nSPS) is 16.1. The van der Waals surface area contributed by atoms with Crippen molar-refractivity contribution >= 4 is 35.0 Å². The van der Waals surface area contributed by atoms with Gasteiger partial charge in [0.1, 0.15) is 5.75 Å². The lowest BCUT2D eigenvalue weighted by Gasteiger charge is -2.24. The number of rotatable bonds is 4. The van der Waals surface area contributed by atoms with E-state index in [1.807, 2.05) is 0 Å². The summed E-state index contributed by atoms with van der Waals surface area (Å²) in [6, 6.07) is 12.9. The molecule has 0 saturated carbocycles. The predicted molar refractivity (Wildman–Crippen MR) is 120 cm³/mol. The zero-order chi connectivity index (χ0) is 22.1. The van der Waals surface area contributed by atoms with Crippen LogP contribution in [0.2, 0.25) is 5.02 Å². The lowest BCUT2D eigenvalue weighted by Crippen LogP contribution is -2.39. The molecule has 0 radical (unpaired) electrons.